The number of aromatic nitrogens is 1. The van der Waals surface area contributed by atoms with E-state index in [1.54, 1.807) is 35.5 Å². The van der Waals surface area contributed by atoms with Crippen LogP contribution in [0.5, 0.6) is 5.75 Å². The number of ether oxygens (including phenoxy) is 1. The first-order valence-electron chi connectivity index (χ1n) is 10.1. The number of carbonyl (C=O) groups excluding carboxylic acids is 2. The number of hydrogen-bond donors (Lipinski definition) is 1. The topological polar surface area (TPSA) is 71.5 Å². The Kier molecular flexibility index (Phi) is 7.79. The molecular formula is C23H27N3O3S. The number of methoxy groups -OCH3 is 1. The minimum absolute atomic E-state index is 0.00240. The Hall–Kier alpha value is -2.93. The number of fused-ring (bicyclic) bond motifs is 1. The maximum absolute atomic E-state index is 12.5. The first-order valence-corrected chi connectivity index (χ1v) is 11.0. The maximum Gasteiger partial charge on any atom is 0.243 e. The Balaban J connectivity index is 1.42. The zero-order valence-corrected chi connectivity index (χ0v) is 18.2. The number of thiazole rings is 1. The fourth-order valence-electron chi connectivity index (χ4n) is 3.19. The number of aryl methyl sites for hydroxylation is 1. The van der Waals surface area contributed by atoms with Crippen molar-refractivity contribution in [3.63, 3.8) is 0 Å². The molecule has 0 aliphatic rings. The third-order valence-electron chi connectivity index (χ3n) is 4.79. The van der Waals surface area contributed by atoms with Crippen LogP contribution in [0.15, 0.2) is 48.5 Å². The van der Waals surface area contributed by atoms with Crippen molar-refractivity contribution in [1.82, 2.24) is 9.88 Å². The lowest BCUT2D eigenvalue weighted by molar-refractivity contribution is -0.134. The molecule has 0 bridgehead atoms. The highest BCUT2D eigenvalue weighted by Crippen LogP contribution is 2.23. The molecule has 1 aromatic heterocycles. The van der Waals surface area contributed by atoms with Crippen LogP contribution in [0.1, 0.15) is 31.2 Å². The highest BCUT2D eigenvalue weighted by Gasteiger charge is 2.15. The van der Waals surface area contributed by atoms with Crippen molar-refractivity contribution in [2.75, 3.05) is 25.5 Å². The second-order valence-electron chi connectivity index (χ2n) is 6.97. The van der Waals surface area contributed by atoms with Crippen LogP contribution in [-0.2, 0) is 16.0 Å². The van der Waals surface area contributed by atoms with Crippen LogP contribution >= 0.6 is 11.3 Å². The number of carbonyl (C=O) groups is 2. The molecule has 6 nitrogen and oxygen atoms in total. The number of para-hydroxylation sites is 1. The molecule has 158 valence electrons. The number of likely N-dealkylation sites (N-methyl/N-ethyl adjacent to an activating group) is 1. The van der Waals surface area contributed by atoms with Gasteiger partial charge in [0.2, 0.25) is 11.8 Å². The van der Waals surface area contributed by atoms with Crippen molar-refractivity contribution in [3.05, 3.63) is 53.5 Å². The van der Waals surface area contributed by atoms with E-state index in [0.29, 0.717) is 24.4 Å². The molecule has 0 radical (unpaired) electrons. The van der Waals surface area contributed by atoms with E-state index >= 15 is 0 Å². The van der Waals surface area contributed by atoms with Crippen LogP contribution in [0, 0.1) is 0 Å². The average Bonchev–Trinajstić information content (AvgIpc) is 3.18. The lowest BCUT2D eigenvalue weighted by atomic mass is 10.2. The van der Waals surface area contributed by atoms with Gasteiger partial charge in [0.05, 0.1) is 28.9 Å². The monoisotopic (exact) mass is 425 g/mol. The molecule has 0 saturated carbocycles. The third kappa shape index (κ3) is 6.03. The molecule has 0 saturated heterocycles. The minimum atomic E-state index is -0.215. The van der Waals surface area contributed by atoms with Gasteiger partial charge in [0, 0.05) is 24.7 Å². The summed E-state index contributed by atoms with van der Waals surface area (Å²) < 4.78 is 6.36. The van der Waals surface area contributed by atoms with E-state index in [-0.39, 0.29) is 18.4 Å². The summed E-state index contributed by atoms with van der Waals surface area (Å²) in [6, 6.07) is 15.3. The predicted octanol–water partition coefficient (Wildman–Crippen LogP) is 4.50. The van der Waals surface area contributed by atoms with E-state index in [4.69, 9.17) is 4.74 Å². The van der Waals surface area contributed by atoms with E-state index in [1.165, 1.54) is 4.70 Å². The van der Waals surface area contributed by atoms with Crippen LogP contribution in [0.2, 0.25) is 0 Å². The fraction of sp³-hybridized carbons (Fsp3) is 0.348. The Labute approximate surface area is 180 Å². The zero-order chi connectivity index (χ0) is 21.3. The number of nitrogens with zero attached hydrogens (tertiary/aromatic N) is 2. The number of rotatable bonds is 10. The summed E-state index contributed by atoms with van der Waals surface area (Å²) in [5.41, 5.74) is 1.69. The Morgan fingerprint density at radius 2 is 1.97 bits per heavy atom. The molecule has 0 aliphatic heterocycles. The standard InChI is InChI=1S/C23H27N3O3S/c1-3-26(16-21(27)24-17-9-8-10-18(15-17)29-2)23(28)14-7-6-13-22-25-19-11-4-5-12-20(19)30-22/h4-5,8-12,15H,3,6-7,13-14,16H2,1-2H3,(H,24,27). The first-order chi connectivity index (χ1) is 14.6. The molecule has 7 heteroatoms. The maximum atomic E-state index is 12.5. The summed E-state index contributed by atoms with van der Waals surface area (Å²) in [6.45, 7) is 2.44. The van der Waals surface area contributed by atoms with E-state index in [1.807, 2.05) is 37.3 Å². The van der Waals surface area contributed by atoms with Crippen LogP contribution in [0.3, 0.4) is 0 Å². The molecule has 0 unspecified atom stereocenters. The molecular weight excluding hydrogens is 398 g/mol. The number of anilines is 1. The van der Waals surface area contributed by atoms with E-state index in [0.717, 1.165) is 29.8 Å². The van der Waals surface area contributed by atoms with Crippen molar-refractivity contribution in [2.45, 2.75) is 32.6 Å². The molecule has 0 atom stereocenters. The van der Waals surface area contributed by atoms with Crippen molar-refractivity contribution in [3.8, 4) is 5.75 Å². The normalized spacial score (nSPS) is 10.7. The van der Waals surface area contributed by atoms with Gasteiger partial charge in [-0.2, -0.15) is 0 Å². The van der Waals surface area contributed by atoms with Gasteiger partial charge < -0.3 is 15.0 Å². The quantitative estimate of drug-likeness (QED) is 0.485. The molecule has 3 aromatic rings. The summed E-state index contributed by atoms with van der Waals surface area (Å²) >= 11 is 1.71. The molecule has 0 fully saturated rings. The lowest BCUT2D eigenvalue weighted by Crippen LogP contribution is -2.37. The summed E-state index contributed by atoms with van der Waals surface area (Å²) in [5.74, 6) is 0.458. The molecule has 30 heavy (non-hydrogen) atoms. The molecule has 1 heterocycles. The molecule has 3 rings (SSSR count). The number of nitrogens with one attached hydrogen (secondary N) is 1. The first kappa shape index (κ1) is 21.8. The molecule has 0 spiro atoms. The largest absolute Gasteiger partial charge is 0.497 e. The second-order valence-corrected chi connectivity index (χ2v) is 8.09. The van der Waals surface area contributed by atoms with Gasteiger partial charge >= 0.3 is 0 Å². The van der Waals surface area contributed by atoms with E-state index in [9.17, 15) is 9.59 Å². The van der Waals surface area contributed by atoms with Gasteiger partial charge in [-0.05, 0) is 50.5 Å². The highest BCUT2D eigenvalue weighted by molar-refractivity contribution is 7.18. The van der Waals surface area contributed by atoms with Gasteiger partial charge in [0.1, 0.15) is 5.75 Å². The second kappa shape index (κ2) is 10.7. The average molecular weight is 426 g/mol. The van der Waals surface area contributed by atoms with Crippen LogP contribution < -0.4 is 10.1 Å². The van der Waals surface area contributed by atoms with E-state index < -0.39 is 0 Å². The number of unbranched alkanes of at least 4 members (excludes halogenated alkanes) is 1. The summed E-state index contributed by atoms with van der Waals surface area (Å²) in [4.78, 5) is 31.1. The van der Waals surface area contributed by atoms with Crippen molar-refractivity contribution >= 4 is 39.1 Å². The molecule has 2 aromatic carbocycles. The van der Waals surface area contributed by atoms with Crippen LogP contribution in [0.25, 0.3) is 10.2 Å². The Bertz CT molecular complexity index is 969. The molecule has 1 N–H and O–H groups in total. The van der Waals surface area contributed by atoms with Crippen molar-refractivity contribution in [2.24, 2.45) is 0 Å². The summed E-state index contributed by atoms with van der Waals surface area (Å²) in [6.07, 6.45) is 2.99. The van der Waals surface area contributed by atoms with Crippen LogP contribution in [-0.4, -0.2) is 41.9 Å². The molecule has 2 amide bonds. The smallest absolute Gasteiger partial charge is 0.243 e. The zero-order valence-electron chi connectivity index (χ0n) is 17.4. The number of benzene rings is 2. The van der Waals surface area contributed by atoms with Gasteiger partial charge in [0.25, 0.3) is 0 Å². The SMILES string of the molecule is CCN(CC(=O)Nc1cccc(OC)c1)C(=O)CCCCc1nc2ccccc2s1. The predicted molar refractivity (Wildman–Crippen MR) is 121 cm³/mol. The van der Waals surface area contributed by atoms with Crippen LogP contribution in [0.4, 0.5) is 5.69 Å². The van der Waals surface area contributed by atoms with Gasteiger partial charge in [-0.15, -0.1) is 11.3 Å². The summed E-state index contributed by atoms with van der Waals surface area (Å²) in [5, 5.41) is 3.92. The van der Waals surface area contributed by atoms with Crippen molar-refractivity contribution in [1.29, 1.82) is 0 Å². The third-order valence-corrected chi connectivity index (χ3v) is 5.89. The van der Waals surface area contributed by atoms with Gasteiger partial charge in [-0.25, -0.2) is 4.98 Å². The van der Waals surface area contributed by atoms with Gasteiger partial charge in [-0.3, -0.25) is 9.59 Å². The molecule has 0 aliphatic carbocycles. The lowest BCUT2D eigenvalue weighted by Gasteiger charge is -2.20. The van der Waals surface area contributed by atoms with Crippen molar-refractivity contribution < 1.29 is 14.3 Å². The Morgan fingerprint density at radius 1 is 1.13 bits per heavy atom. The minimum Gasteiger partial charge on any atom is -0.497 e. The van der Waals surface area contributed by atoms with Gasteiger partial charge in [-0.1, -0.05) is 18.2 Å². The summed E-state index contributed by atoms with van der Waals surface area (Å²) in [7, 11) is 1.58. The highest BCUT2D eigenvalue weighted by atomic mass is 32.1. The number of amides is 2. The number of hydrogen-bond acceptors (Lipinski definition) is 5. The van der Waals surface area contributed by atoms with Gasteiger partial charge in [0.15, 0.2) is 0 Å². The van der Waals surface area contributed by atoms with E-state index in [2.05, 4.69) is 16.4 Å². The Morgan fingerprint density at radius 3 is 2.73 bits per heavy atom. The fourth-order valence-corrected chi connectivity index (χ4v) is 4.20.